The van der Waals surface area contributed by atoms with Crippen LogP contribution in [0.3, 0.4) is 0 Å². The van der Waals surface area contributed by atoms with Crippen LogP contribution in [0.1, 0.15) is 23.0 Å². The largest absolute Gasteiger partial charge is 0.371 e. The van der Waals surface area contributed by atoms with Gasteiger partial charge in [-0.25, -0.2) is 4.98 Å². The van der Waals surface area contributed by atoms with Gasteiger partial charge >= 0.3 is 0 Å². The van der Waals surface area contributed by atoms with Crippen molar-refractivity contribution < 1.29 is 9.53 Å². The Bertz CT molecular complexity index is 618. The smallest absolute Gasteiger partial charge is 0.274 e. The molecular formula is C17H19N3O2. The second kappa shape index (κ2) is 6.66. The second-order valence-electron chi connectivity index (χ2n) is 5.56. The van der Waals surface area contributed by atoms with Crippen molar-refractivity contribution >= 4 is 5.91 Å². The second-order valence-corrected chi connectivity index (χ2v) is 5.56. The highest BCUT2D eigenvalue weighted by atomic mass is 16.5. The topological polar surface area (TPSA) is 55.3 Å². The number of benzene rings is 1. The molecule has 3 rings (SSSR count). The number of morpholine rings is 1. The number of hydrogen-bond acceptors (Lipinski definition) is 4. The van der Waals surface area contributed by atoms with Gasteiger partial charge in [0.1, 0.15) is 5.69 Å². The number of aromatic nitrogens is 2. The fraction of sp³-hybridized carbons (Fsp3) is 0.353. The van der Waals surface area contributed by atoms with Crippen LogP contribution in [0, 0.1) is 0 Å². The van der Waals surface area contributed by atoms with Crippen LogP contribution in [0.4, 0.5) is 0 Å². The number of hydrogen-bond donors (Lipinski definition) is 0. The minimum Gasteiger partial charge on any atom is -0.371 e. The molecule has 2 heterocycles. The molecule has 0 saturated carbocycles. The van der Waals surface area contributed by atoms with E-state index in [0.717, 1.165) is 6.42 Å². The molecule has 1 saturated heterocycles. The fourth-order valence-corrected chi connectivity index (χ4v) is 2.77. The van der Waals surface area contributed by atoms with E-state index in [1.165, 1.54) is 11.8 Å². The van der Waals surface area contributed by atoms with E-state index in [1.807, 2.05) is 30.0 Å². The summed E-state index contributed by atoms with van der Waals surface area (Å²) in [6, 6.07) is 10.2. The Morgan fingerprint density at radius 3 is 2.82 bits per heavy atom. The quantitative estimate of drug-likeness (QED) is 0.869. The molecule has 0 radical (unpaired) electrons. The van der Waals surface area contributed by atoms with E-state index < -0.39 is 0 Å². The minimum absolute atomic E-state index is 0.00627. The molecule has 1 aliphatic rings. The summed E-state index contributed by atoms with van der Waals surface area (Å²) in [5.41, 5.74) is 1.60. The van der Waals surface area contributed by atoms with E-state index in [4.69, 9.17) is 4.74 Å². The standard InChI is InChI=1S/C17H19N3O2/c1-13-11-20(17(21)16-10-18-7-8-19-16)12-15(22-13)9-14-5-3-2-4-6-14/h2-8,10,13,15H,9,11-12H2,1H3. The highest BCUT2D eigenvalue weighted by Gasteiger charge is 2.29. The molecule has 2 unspecified atom stereocenters. The van der Waals surface area contributed by atoms with Crippen LogP contribution >= 0.6 is 0 Å². The van der Waals surface area contributed by atoms with Crippen LogP contribution in [0.15, 0.2) is 48.9 Å². The monoisotopic (exact) mass is 297 g/mol. The zero-order valence-corrected chi connectivity index (χ0v) is 12.6. The number of carbonyl (C=O) groups excluding carboxylic acids is 1. The Morgan fingerprint density at radius 2 is 2.09 bits per heavy atom. The average molecular weight is 297 g/mol. The number of carbonyl (C=O) groups is 1. The Balaban J connectivity index is 1.69. The van der Waals surface area contributed by atoms with E-state index in [2.05, 4.69) is 22.1 Å². The van der Waals surface area contributed by atoms with Gasteiger partial charge in [0.15, 0.2) is 0 Å². The van der Waals surface area contributed by atoms with Crippen molar-refractivity contribution in [1.82, 2.24) is 14.9 Å². The lowest BCUT2D eigenvalue weighted by Crippen LogP contribution is -2.50. The van der Waals surface area contributed by atoms with Crippen molar-refractivity contribution in [3.63, 3.8) is 0 Å². The number of rotatable bonds is 3. The van der Waals surface area contributed by atoms with E-state index >= 15 is 0 Å². The third kappa shape index (κ3) is 3.49. The normalized spacial score (nSPS) is 21.6. The number of nitrogens with zero attached hydrogens (tertiary/aromatic N) is 3. The van der Waals surface area contributed by atoms with Gasteiger partial charge in [-0.3, -0.25) is 9.78 Å². The Hall–Kier alpha value is -2.27. The summed E-state index contributed by atoms with van der Waals surface area (Å²) in [4.78, 5) is 22.4. The minimum atomic E-state index is -0.0821. The van der Waals surface area contributed by atoms with Crippen molar-refractivity contribution in [2.45, 2.75) is 25.6 Å². The van der Waals surface area contributed by atoms with Crippen LogP contribution in [-0.2, 0) is 11.2 Å². The van der Waals surface area contributed by atoms with Crippen molar-refractivity contribution in [3.8, 4) is 0 Å². The highest BCUT2D eigenvalue weighted by Crippen LogP contribution is 2.17. The van der Waals surface area contributed by atoms with Crippen molar-refractivity contribution in [2.24, 2.45) is 0 Å². The molecule has 0 spiro atoms. The summed E-state index contributed by atoms with van der Waals surface area (Å²) >= 11 is 0. The summed E-state index contributed by atoms with van der Waals surface area (Å²) in [6.07, 6.45) is 5.44. The first-order valence-electron chi connectivity index (χ1n) is 7.47. The van der Waals surface area contributed by atoms with Crippen molar-refractivity contribution in [2.75, 3.05) is 13.1 Å². The molecule has 1 aromatic carbocycles. The predicted octanol–water partition coefficient (Wildman–Crippen LogP) is 1.95. The van der Waals surface area contributed by atoms with Gasteiger partial charge in [0.25, 0.3) is 5.91 Å². The van der Waals surface area contributed by atoms with Crippen LogP contribution in [0.5, 0.6) is 0 Å². The molecule has 0 bridgehead atoms. The summed E-state index contributed by atoms with van der Waals surface area (Å²) in [7, 11) is 0. The lowest BCUT2D eigenvalue weighted by atomic mass is 10.1. The lowest BCUT2D eigenvalue weighted by molar-refractivity contribution is -0.0665. The van der Waals surface area contributed by atoms with E-state index in [1.54, 1.807) is 12.4 Å². The molecule has 22 heavy (non-hydrogen) atoms. The molecule has 5 nitrogen and oxygen atoms in total. The van der Waals surface area contributed by atoms with Gasteiger partial charge in [-0.15, -0.1) is 0 Å². The molecule has 1 aromatic heterocycles. The molecule has 1 amide bonds. The third-order valence-corrected chi connectivity index (χ3v) is 3.70. The van der Waals surface area contributed by atoms with Gasteiger partial charge in [0.2, 0.25) is 0 Å². The van der Waals surface area contributed by atoms with Gasteiger partial charge in [-0.1, -0.05) is 30.3 Å². The first kappa shape index (κ1) is 14.7. The number of ether oxygens (including phenoxy) is 1. The van der Waals surface area contributed by atoms with Gasteiger partial charge < -0.3 is 9.64 Å². The molecule has 1 fully saturated rings. The maximum atomic E-state index is 12.5. The van der Waals surface area contributed by atoms with Crippen LogP contribution in [-0.4, -0.2) is 46.1 Å². The number of amides is 1. The molecule has 0 aliphatic carbocycles. The third-order valence-electron chi connectivity index (χ3n) is 3.70. The molecule has 1 aliphatic heterocycles. The summed E-state index contributed by atoms with van der Waals surface area (Å²) in [6.45, 7) is 3.16. The van der Waals surface area contributed by atoms with Gasteiger partial charge in [0.05, 0.1) is 18.4 Å². The first-order chi connectivity index (χ1) is 10.7. The summed E-state index contributed by atoms with van der Waals surface area (Å²) < 4.78 is 5.98. The maximum Gasteiger partial charge on any atom is 0.274 e. The zero-order valence-electron chi connectivity index (χ0n) is 12.6. The van der Waals surface area contributed by atoms with Gasteiger partial charge in [-0.2, -0.15) is 0 Å². The summed E-state index contributed by atoms with van der Waals surface area (Å²) in [5, 5.41) is 0. The molecule has 114 valence electrons. The molecular weight excluding hydrogens is 278 g/mol. The molecule has 2 aromatic rings. The van der Waals surface area contributed by atoms with Crippen LogP contribution in [0.25, 0.3) is 0 Å². The summed E-state index contributed by atoms with van der Waals surface area (Å²) in [5.74, 6) is -0.0821. The SMILES string of the molecule is CC1CN(C(=O)c2cnccn2)CC(Cc2ccccc2)O1. The van der Waals surface area contributed by atoms with E-state index in [0.29, 0.717) is 18.8 Å². The maximum absolute atomic E-state index is 12.5. The van der Waals surface area contributed by atoms with Crippen molar-refractivity contribution in [3.05, 3.63) is 60.2 Å². The molecule has 0 N–H and O–H groups in total. The Kier molecular flexibility index (Phi) is 4.44. The molecule has 5 heteroatoms. The first-order valence-corrected chi connectivity index (χ1v) is 7.47. The Morgan fingerprint density at radius 1 is 1.27 bits per heavy atom. The zero-order chi connectivity index (χ0) is 15.4. The van der Waals surface area contributed by atoms with Crippen LogP contribution < -0.4 is 0 Å². The predicted molar refractivity (Wildman–Crippen MR) is 82.4 cm³/mol. The Labute approximate surface area is 130 Å². The highest BCUT2D eigenvalue weighted by molar-refractivity contribution is 5.92. The average Bonchev–Trinajstić information content (AvgIpc) is 2.55. The fourth-order valence-electron chi connectivity index (χ4n) is 2.77. The van der Waals surface area contributed by atoms with Crippen molar-refractivity contribution in [1.29, 1.82) is 0 Å². The van der Waals surface area contributed by atoms with E-state index in [-0.39, 0.29) is 18.1 Å². The molecule has 2 atom stereocenters. The van der Waals surface area contributed by atoms with Gasteiger partial charge in [0, 0.05) is 31.9 Å². The van der Waals surface area contributed by atoms with Gasteiger partial charge in [-0.05, 0) is 12.5 Å². The lowest BCUT2D eigenvalue weighted by Gasteiger charge is -2.36. The van der Waals surface area contributed by atoms with E-state index in [9.17, 15) is 4.79 Å². The van der Waals surface area contributed by atoms with Crippen LogP contribution in [0.2, 0.25) is 0 Å².